The Bertz CT molecular complexity index is 520. The summed E-state index contributed by atoms with van der Waals surface area (Å²) < 4.78 is 0. The minimum Gasteiger partial charge on any atom is -0.349 e. The lowest BCUT2D eigenvalue weighted by Crippen LogP contribution is -2.34. The van der Waals surface area contributed by atoms with Gasteiger partial charge in [0.15, 0.2) is 0 Å². The Hall–Kier alpha value is -1.67. The van der Waals surface area contributed by atoms with Crippen molar-refractivity contribution in [1.29, 1.82) is 5.26 Å². The van der Waals surface area contributed by atoms with Crippen LogP contribution in [0.15, 0.2) is 6.20 Å². The van der Waals surface area contributed by atoms with Crippen LogP contribution in [0, 0.1) is 16.7 Å². The molecule has 0 aliphatic heterocycles. The molecule has 0 fully saturated rings. The van der Waals surface area contributed by atoms with Gasteiger partial charge in [-0.25, -0.2) is 9.97 Å². The fourth-order valence-electron chi connectivity index (χ4n) is 1.24. The monoisotopic (exact) mass is 280 g/mol. The first-order valence-corrected chi connectivity index (χ1v) is 6.36. The van der Waals surface area contributed by atoms with Crippen LogP contribution in [-0.4, -0.2) is 22.4 Å². The summed E-state index contributed by atoms with van der Waals surface area (Å²) in [4.78, 5) is 20.2. The van der Waals surface area contributed by atoms with Crippen molar-refractivity contribution in [3.63, 3.8) is 0 Å². The number of carbonyl (C=O) groups is 1. The summed E-state index contributed by atoms with van der Waals surface area (Å²) in [7, 11) is 0. The van der Waals surface area contributed by atoms with Gasteiger partial charge in [-0.1, -0.05) is 25.4 Å². The highest BCUT2D eigenvalue weighted by atomic mass is 35.5. The topological polar surface area (TPSA) is 78.7 Å². The molecule has 0 aromatic carbocycles. The minimum absolute atomic E-state index is 0.111. The maximum absolute atomic E-state index is 12.0. The van der Waals surface area contributed by atoms with E-state index < -0.39 is 11.3 Å². The van der Waals surface area contributed by atoms with Gasteiger partial charge in [0, 0.05) is 12.5 Å². The Morgan fingerprint density at radius 3 is 2.74 bits per heavy atom. The number of nitrogens with zero attached hydrogens (tertiary/aromatic N) is 3. The predicted molar refractivity (Wildman–Crippen MR) is 72.9 cm³/mol. The van der Waals surface area contributed by atoms with Crippen LogP contribution in [0.5, 0.6) is 0 Å². The molecule has 1 amide bonds. The molecule has 102 valence electrons. The van der Waals surface area contributed by atoms with Crippen LogP contribution in [0.2, 0.25) is 5.02 Å². The number of nitriles is 1. The van der Waals surface area contributed by atoms with E-state index in [4.69, 9.17) is 16.9 Å². The standard InChI is InChI=1S/C13H17ClN4O/c1-8(2)11-16-5-9(14)10(18-11)12(19)17-7-13(3,4)6-15/h5,8H,7H2,1-4H3,(H,17,19). The molecule has 1 heterocycles. The summed E-state index contributed by atoms with van der Waals surface area (Å²) in [6, 6.07) is 2.11. The van der Waals surface area contributed by atoms with Crippen LogP contribution in [-0.2, 0) is 0 Å². The van der Waals surface area contributed by atoms with Crippen molar-refractivity contribution in [2.24, 2.45) is 5.41 Å². The molecule has 0 saturated carbocycles. The van der Waals surface area contributed by atoms with Crippen molar-refractivity contribution in [1.82, 2.24) is 15.3 Å². The molecule has 5 nitrogen and oxygen atoms in total. The summed E-state index contributed by atoms with van der Waals surface area (Å²) in [6.45, 7) is 7.59. The van der Waals surface area contributed by atoms with E-state index in [0.29, 0.717) is 5.82 Å². The normalized spacial score (nSPS) is 11.2. The molecule has 0 radical (unpaired) electrons. The molecule has 0 unspecified atom stereocenters. The first-order chi connectivity index (χ1) is 8.76. The number of nitrogens with one attached hydrogen (secondary N) is 1. The molecular weight excluding hydrogens is 264 g/mol. The molecule has 0 spiro atoms. The third-order valence-electron chi connectivity index (χ3n) is 2.49. The molecular formula is C13H17ClN4O. The van der Waals surface area contributed by atoms with Gasteiger partial charge in [0.2, 0.25) is 0 Å². The number of carbonyl (C=O) groups excluding carboxylic acids is 1. The fourth-order valence-corrected chi connectivity index (χ4v) is 1.42. The van der Waals surface area contributed by atoms with E-state index in [9.17, 15) is 4.79 Å². The first kappa shape index (κ1) is 15.4. The Labute approximate surface area is 118 Å². The van der Waals surface area contributed by atoms with Gasteiger partial charge in [0.1, 0.15) is 11.5 Å². The second-order valence-electron chi connectivity index (χ2n) is 5.26. The van der Waals surface area contributed by atoms with E-state index in [1.807, 2.05) is 13.8 Å². The van der Waals surface area contributed by atoms with Crippen LogP contribution in [0.4, 0.5) is 0 Å². The van der Waals surface area contributed by atoms with Gasteiger partial charge in [0.25, 0.3) is 5.91 Å². The van der Waals surface area contributed by atoms with Crippen molar-refractivity contribution in [3.8, 4) is 6.07 Å². The number of halogens is 1. The van der Waals surface area contributed by atoms with Gasteiger partial charge in [-0.05, 0) is 13.8 Å². The van der Waals surface area contributed by atoms with Crippen LogP contribution < -0.4 is 5.32 Å². The summed E-state index contributed by atoms with van der Waals surface area (Å²) in [5, 5.41) is 11.8. The zero-order valence-electron chi connectivity index (χ0n) is 11.5. The van der Waals surface area contributed by atoms with Gasteiger partial charge >= 0.3 is 0 Å². The second kappa shape index (κ2) is 5.98. The minimum atomic E-state index is -0.629. The van der Waals surface area contributed by atoms with Gasteiger partial charge in [-0.2, -0.15) is 5.26 Å². The van der Waals surface area contributed by atoms with E-state index in [1.165, 1.54) is 6.20 Å². The predicted octanol–water partition coefficient (Wildman–Crippen LogP) is 2.53. The van der Waals surface area contributed by atoms with Crippen LogP contribution in [0.1, 0.15) is 49.9 Å². The molecule has 6 heteroatoms. The van der Waals surface area contributed by atoms with Gasteiger partial charge in [0.05, 0.1) is 22.7 Å². The molecule has 1 N–H and O–H groups in total. The van der Waals surface area contributed by atoms with Crippen molar-refractivity contribution >= 4 is 17.5 Å². The molecule has 0 aliphatic carbocycles. The lowest BCUT2D eigenvalue weighted by atomic mass is 9.96. The maximum Gasteiger partial charge on any atom is 0.271 e. The Balaban J connectivity index is 2.88. The number of amides is 1. The Morgan fingerprint density at radius 2 is 2.21 bits per heavy atom. The van der Waals surface area contributed by atoms with Crippen LogP contribution in [0.25, 0.3) is 0 Å². The molecule has 19 heavy (non-hydrogen) atoms. The third kappa shape index (κ3) is 4.18. The quantitative estimate of drug-likeness (QED) is 0.919. The summed E-state index contributed by atoms with van der Waals surface area (Å²) >= 11 is 5.93. The van der Waals surface area contributed by atoms with Crippen molar-refractivity contribution in [3.05, 3.63) is 22.7 Å². The van der Waals surface area contributed by atoms with Crippen LogP contribution in [0.3, 0.4) is 0 Å². The van der Waals surface area contributed by atoms with Gasteiger partial charge in [-0.3, -0.25) is 4.79 Å². The highest BCUT2D eigenvalue weighted by molar-refractivity contribution is 6.33. The molecule has 0 atom stereocenters. The van der Waals surface area contributed by atoms with E-state index in [2.05, 4.69) is 21.4 Å². The molecule has 0 saturated heterocycles. The largest absolute Gasteiger partial charge is 0.349 e. The maximum atomic E-state index is 12.0. The van der Waals surface area contributed by atoms with Crippen molar-refractivity contribution in [2.75, 3.05) is 6.54 Å². The summed E-state index contributed by atoms with van der Waals surface area (Å²) in [6.07, 6.45) is 1.42. The third-order valence-corrected chi connectivity index (χ3v) is 2.76. The Morgan fingerprint density at radius 1 is 1.58 bits per heavy atom. The molecule has 1 aromatic rings. The first-order valence-electron chi connectivity index (χ1n) is 5.98. The highest BCUT2D eigenvalue weighted by Crippen LogP contribution is 2.17. The average Bonchev–Trinajstić information content (AvgIpc) is 2.36. The van der Waals surface area contributed by atoms with Gasteiger partial charge in [-0.15, -0.1) is 0 Å². The van der Waals surface area contributed by atoms with Gasteiger partial charge < -0.3 is 5.32 Å². The molecule has 1 rings (SSSR count). The van der Waals surface area contributed by atoms with Crippen molar-refractivity contribution in [2.45, 2.75) is 33.6 Å². The number of aromatic nitrogens is 2. The summed E-state index contributed by atoms with van der Waals surface area (Å²) in [5.41, 5.74) is -0.482. The Kier molecular flexibility index (Phi) is 4.84. The lowest BCUT2D eigenvalue weighted by molar-refractivity contribution is 0.0938. The molecule has 1 aromatic heterocycles. The molecule has 0 bridgehead atoms. The van der Waals surface area contributed by atoms with Crippen LogP contribution >= 0.6 is 11.6 Å². The number of hydrogen-bond donors (Lipinski definition) is 1. The summed E-state index contributed by atoms with van der Waals surface area (Å²) in [5.74, 6) is 0.283. The number of hydrogen-bond acceptors (Lipinski definition) is 4. The fraction of sp³-hybridized carbons (Fsp3) is 0.538. The number of rotatable bonds is 4. The van der Waals surface area contributed by atoms with Crippen molar-refractivity contribution < 1.29 is 4.79 Å². The highest BCUT2D eigenvalue weighted by Gasteiger charge is 2.20. The van der Waals surface area contributed by atoms with E-state index >= 15 is 0 Å². The zero-order valence-corrected chi connectivity index (χ0v) is 12.2. The smallest absolute Gasteiger partial charge is 0.271 e. The van der Waals surface area contributed by atoms with E-state index in [1.54, 1.807) is 13.8 Å². The molecule has 0 aliphatic rings. The lowest BCUT2D eigenvalue weighted by Gasteiger charge is -2.16. The SMILES string of the molecule is CC(C)c1ncc(Cl)c(C(=O)NCC(C)(C)C#N)n1. The average molecular weight is 281 g/mol. The second-order valence-corrected chi connectivity index (χ2v) is 5.67. The zero-order chi connectivity index (χ0) is 14.6. The van der Waals surface area contributed by atoms with E-state index in [0.717, 1.165) is 0 Å². The van der Waals surface area contributed by atoms with E-state index in [-0.39, 0.29) is 23.2 Å².